The first-order chi connectivity index (χ1) is 11.1. The van der Waals surface area contributed by atoms with E-state index in [9.17, 15) is 0 Å². The van der Waals surface area contributed by atoms with E-state index in [4.69, 9.17) is 4.52 Å². The normalized spacial score (nSPS) is 15.5. The van der Waals surface area contributed by atoms with Crippen LogP contribution in [0.5, 0.6) is 0 Å². The molecule has 1 saturated carbocycles. The molecule has 0 radical (unpaired) electrons. The molecule has 0 saturated heterocycles. The van der Waals surface area contributed by atoms with E-state index in [1.807, 2.05) is 0 Å². The van der Waals surface area contributed by atoms with Crippen LogP contribution in [0.1, 0.15) is 30.1 Å². The third-order valence-corrected chi connectivity index (χ3v) is 4.59. The predicted molar refractivity (Wildman–Crippen MR) is 108 cm³/mol. The quantitative estimate of drug-likeness (QED) is 0.371. The highest BCUT2D eigenvalue weighted by Crippen LogP contribution is 2.48. The van der Waals surface area contributed by atoms with Crippen molar-refractivity contribution in [3.05, 3.63) is 46.0 Å². The summed E-state index contributed by atoms with van der Waals surface area (Å²) in [7, 11) is 1.76. The van der Waals surface area contributed by atoms with Crippen LogP contribution in [0.4, 0.5) is 0 Å². The molecule has 0 aliphatic heterocycles. The van der Waals surface area contributed by atoms with Crippen molar-refractivity contribution in [2.45, 2.75) is 31.7 Å². The Morgan fingerprint density at radius 1 is 1.38 bits per heavy atom. The first-order valence-corrected chi connectivity index (χ1v) is 8.40. The maximum Gasteiger partial charge on any atom is 0.223 e. The average Bonchev–Trinajstić information content (AvgIpc) is 3.23. The largest absolute Gasteiger partial charge is 0.356 e. The first-order valence-electron chi connectivity index (χ1n) is 7.61. The van der Waals surface area contributed by atoms with Crippen LogP contribution in [0.2, 0.25) is 0 Å². The van der Waals surface area contributed by atoms with E-state index in [1.54, 1.807) is 14.0 Å². The smallest absolute Gasteiger partial charge is 0.223 e. The molecular weight excluding hydrogens is 485 g/mol. The topological polar surface area (TPSA) is 75.3 Å². The predicted octanol–water partition coefficient (Wildman–Crippen LogP) is 3.16. The molecule has 1 aliphatic carbocycles. The lowest BCUT2D eigenvalue weighted by Gasteiger charge is -2.19. The van der Waals surface area contributed by atoms with Crippen molar-refractivity contribution in [2.24, 2.45) is 4.99 Å². The van der Waals surface area contributed by atoms with Gasteiger partial charge in [-0.1, -0.05) is 33.2 Å². The summed E-state index contributed by atoms with van der Waals surface area (Å²) in [5.41, 5.74) is 1.58. The Labute approximate surface area is 167 Å². The molecule has 8 heteroatoms. The van der Waals surface area contributed by atoms with Gasteiger partial charge in [-0.2, -0.15) is 4.98 Å². The minimum Gasteiger partial charge on any atom is -0.356 e. The molecule has 1 fully saturated rings. The molecule has 2 N–H and O–H groups in total. The zero-order chi connectivity index (χ0) is 16.3. The number of hydrogen-bond acceptors (Lipinski definition) is 4. The molecule has 1 heterocycles. The highest BCUT2D eigenvalue weighted by molar-refractivity contribution is 14.0. The van der Waals surface area contributed by atoms with Crippen molar-refractivity contribution in [1.29, 1.82) is 0 Å². The molecule has 24 heavy (non-hydrogen) atoms. The average molecular weight is 506 g/mol. The lowest BCUT2D eigenvalue weighted by atomic mass is 9.96. The van der Waals surface area contributed by atoms with Gasteiger partial charge < -0.3 is 15.2 Å². The van der Waals surface area contributed by atoms with Gasteiger partial charge in [-0.15, -0.1) is 24.0 Å². The number of nitrogens with zero attached hydrogens (tertiary/aromatic N) is 3. The molecule has 1 aromatic heterocycles. The first kappa shape index (κ1) is 19.2. The third kappa shape index (κ3) is 4.69. The van der Waals surface area contributed by atoms with E-state index in [1.165, 1.54) is 18.4 Å². The van der Waals surface area contributed by atoms with Crippen LogP contribution >= 0.6 is 39.9 Å². The molecule has 6 nitrogen and oxygen atoms in total. The van der Waals surface area contributed by atoms with Gasteiger partial charge in [-0.05, 0) is 30.5 Å². The van der Waals surface area contributed by atoms with Crippen LogP contribution in [0, 0.1) is 6.92 Å². The van der Waals surface area contributed by atoms with Crippen LogP contribution in [0.15, 0.2) is 38.3 Å². The number of nitrogens with one attached hydrogen (secondary N) is 2. The zero-order valence-electron chi connectivity index (χ0n) is 13.7. The highest BCUT2D eigenvalue weighted by Gasteiger charge is 2.44. The van der Waals surface area contributed by atoms with Gasteiger partial charge in [-0.25, -0.2) is 0 Å². The SMILES string of the molecule is CN=C(NCc1noc(C)n1)NCC1(c2cccc(Br)c2)CC1.I. The van der Waals surface area contributed by atoms with Gasteiger partial charge in [0.2, 0.25) is 5.89 Å². The maximum absolute atomic E-state index is 4.96. The summed E-state index contributed by atoms with van der Waals surface area (Å²) >= 11 is 3.55. The van der Waals surface area contributed by atoms with E-state index >= 15 is 0 Å². The van der Waals surface area contributed by atoms with Crippen LogP contribution in [-0.2, 0) is 12.0 Å². The molecule has 2 aromatic rings. The number of aryl methyl sites for hydroxylation is 1. The standard InChI is InChI=1S/C16H20BrN5O.HI/c1-11-21-14(22-23-11)9-19-15(18-2)20-10-16(6-7-16)12-4-3-5-13(17)8-12;/h3-5,8H,6-7,9-10H2,1-2H3,(H2,18,19,20);1H. The fourth-order valence-corrected chi connectivity index (χ4v) is 2.99. The van der Waals surface area contributed by atoms with Crippen molar-refractivity contribution in [2.75, 3.05) is 13.6 Å². The summed E-state index contributed by atoms with van der Waals surface area (Å²) in [6, 6.07) is 8.54. The van der Waals surface area contributed by atoms with E-state index in [-0.39, 0.29) is 29.4 Å². The lowest BCUT2D eigenvalue weighted by Crippen LogP contribution is -2.41. The Hall–Kier alpha value is -1.16. The van der Waals surface area contributed by atoms with Gasteiger partial charge in [0, 0.05) is 30.4 Å². The summed E-state index contributed by atoms with van der Waals surface area (Å²) < 4.78 is 6.08. The van der Waals surface area contributed by atoms with Gasteiger partial charge in [0.25, 0.3) is 0 Å². The molecule has 0 amide bonds. The Bertz CT molecular complexity index is 714. The Morgan fingerprint density at radius 2 is 2.17 bits per heavy atom. The highest BCUT2D eigenvalue weighted by atomic mass is 127. The molecule has 3 rings (SSSR count). The van der Waals surface area contributed by atoms with E-state index in [0.29, 0.717) is 18.3 Å². The number of rotatable bonds is 5. The summed E-state index contributed by atoms with van der Waals surface area (Å²) in [6.07, 6.45) is 2.38. The fraction of sp³-hybridized carbons (Fsp3) is 0.438. The second-order valence-electron chi connectivity index (χ2n) is 5.80. The van der Waals surface area contributed by atoms with E-state index < -0.39 is 0 Å². The van der Waals surface area contributed by atoms with Crippen molar-refractivity contribution >= 4 is 45.9 Å². The summed E-state index contributed by atoms with van der Waals surface area (Å²) in [5.74, 6) is 1.93. The van der Waals surface area contributed by atoms with Crippen LogP contribution in [0.3, 0.4) is 0 Å². The number of guanidine groups is 1. The number of halogens is 2. The molecule has 0 atom stereocenters. The van der Waals surface area contributed by atoms with Gasteiger partial charge in [-0.3, -0.25) is 4.99 Å². The molecule has 130 valence electrons. The minimum absolute atomic E-state index is 0. The van der Waals surface area contributed by atoms with Gasteiger partial charge >= 0.3 is 0 Å². The lowest BCUT2D eigenvalue weighted by molar-refractivity contribution is 0.386. The van der Waals surface area contributed by atoms with Crippen LogP contribution in [-0.4, -0.2) is 29.7 Å². The van der Waals surface area contributed by atoms with Gasteiger partial charge in [0.1, 0.15) is 0 Å². The number of hydrogen-bond donors (Lipinski definition) is 2. The monoisotopic (exact) mass is 505 g/mol. The molecule has 0 spiro atoms. The molecule has 1 aliphatic rings. The van der Waals surface area contributed by atoms with Crippen molar-refractivity contribution < 1.29 is 4.52 Å². The molecule has 0 unspecified atom stereocenters. The second kappa shape index (κ2) is 8.28. The number of benzene rings is 1. The summed E-state index contributed by atoms with van der Waals surface area (Å²) in [6.45, 7) is 3.12. The Morgan fingerprint density at radius 3 is 2.75 bits per heavy atom. The minimum atomic E-state index is 0. The maximum atomic E-state index is 4.96. The molecule has 1 aromatic carbocycles. The fourth-order valence-electron chi connectivity index (χ4n) is 2.59. The van der Waals surface area contributed by atoms with Gasteiger partial charge in [0.05, 0.1) is 6.54 Å². The third-order valence-electron chi connectivity index (χ3n) is 4.09. The number of aliphatic imine (C=N–C) groups is 1. The second-order valence-corrected chi connectivity index (χ2v) is 6.72. The van der Waals surface area contributed by atoms with Gasteiger partial charge in [0.15, 0.2) is 11.8 Å². The van der Waals surface area contributed by atoms with Crippen molar-refractivity contribution in [3.63, 3.8) is 0 Å². The van der Waals surface area contributed by atoms with Crippen LogP contribution in [0.25, 0.3) is 0 Å². The van der Waals surface area contributed by atoms with Crippen molar-refractivity contribution in [3.8, 4) is 0 Å². The Kier molecular flexibility index (Phi) is 6.62. The Balaban J connectivity index is 0.00000208. The van der Waals surface area contributed by atoms with E-state index in [0.717, 1.165) is 17.0 Å². The summed E-state index contributed by atoms with van der Waals surface area (Å²) in [5, 5.41) is 10.5. The number of aromatic nitrogens is 2. The van der Waals surface area contributed by atoms with E-state index in [2.05, 4.69) is 66.0 Å². The van der Waals surface area contributed by atoms with Crippen LogP contribution < -0.4 is 10.6 Å². The van der Waals surface area contributed by atoms with Crippen molar-refractivity contribution in [1.82, 2.24) is 20.8 Å². The molecular formula is C16H21BrIN5O. The molecule has 0 bridgehead atoms. The summed E-state index contributed by atoms with van der Waals surface area (Å²) in [4.78, 5) is 8.42. The zero-order valence-corrected chi connectivity index (χ0v) is 17.6.